The van der Waals surface area contributed by atoms with Gasteiger partial charge in [-0.3, -0.25) is 9.11 Å². The highest BCUT2D eigenvalue weighted by Gasteiger charge is 2.21. The maximum Gasteiger partial charge on any atom is 0.425 e. The van der Waals surface area contributed by atoms with Crippen LogP contribution in [-0.4, -0.2) is 63.4 Å². The van der Waals surface area contributed by atoms with Crippen LogP contribution in [0.25, 0.3) is 21.5 Å². The molecule has 0 heterocycles. The van der Waals surface area contributed by atoms with Crippen molar-refractivity contribution in [3.05, 3.63) is 156 Å². The Morgan fingerprint density at radius 1 is 0.467 bits per heavy atom. The summed E-state index contributed by atoms with van der Waals surface area (Å²) in [5.41, 5.74) is 7.17. The van der Waals surface area contributed by atoms with E-state index in [0.717, 1.165) is 51.7 Å². The van der Waals surface area contributed by atoms with E-state index < -0.39 is 51.2 Å². The highest BCUT2D eigenvalue weighted by molar-refractivity contribution is 7.86. The molecule has 0 atom stereocenters. The maximum atomic E-state index is 12.2. The zero-order valence-corrected chi connectivity index (χ0v) is 42.6. The topological polar surface area (TPSA) is 352 Å². The predicted octanol–water partition coefficient (Wildman–Crippen LogP) is 12.5. The number of nitrogens with zero attached hydrogens (tertiary/aromatic N) is 8. The summed E-state index contributed by atoms with van der Waals surface area (Å²) >= 11 is 0. The highest BCUT2D eigenvalue weighted by Crippen LogP contribution is 2.40. The smallest absolute Gasteiger partial charge is 0.425 e. The summed E-state index contributed by atoms with van der Waals surface area (Å²) in [6, 6.07) is 38.8. The van der Waals surface area contributed by atoms with E-state index >= 15 is 0 Å². The van der Waals surface area contributed by atoms with Crippen LogP contribution >= 0.6 is 0 Å². The molecule has 8 rings (SSSR count). The van der Waals surface area contributed by atoms with E-state index in [1.54, 1.807) is 24.3 Å². The summed E-state index contributed by atoms with van der Waals surface area (Å²) in [6.45, 7) is 5.64. The minimum atomic E-state index is -4.82. The van der Waals surface area contributed by atoms with Gasteiger partial charge in [-0.2, -0.15) is 42.4 Å². The fourth-order valence-electron chi connectivity index (χ4n) is 6.94. The molecule has 0 aromatic heterocycles. The second kappa shape index (κ2) is 24.2. The van der Waals surface area contributed by atoms with Crippen molar-refractivity contribution in [3.8, 4) is 11.5 Å². The molecule has 0 spiro atoms. The van der Waals surface area contributed by atoms with Crippen molar-refractivity contribution in [1.29, 1.82) is 0 Å². The fraction of sp³-hybridized carbons (Fsp3) is 0.0833. The number of rotatable bonds is 13. The second-order valence-electron chi connectivity index (χ2n) is 15.6. The number of hydrogen-bond acceptors (Lipinski definition) is 21. The molecule has 0 bridgehead atoms. The summed E-state index contributed by atoms with van der Waals surface area (Å²) in [5, 5.41) is 51.0. The van der Waals surface area contributed by atoms with E-state index in [1.807, 2.05) is 93.6 Å². The Kier molecular flexibility index (Phi) is 17.9. The minimum absolute atomic E-state index is 0.00104. The molecule has 0 saturated carbocycles. The fourth-order valence-corrected chi connectivity index (χ4v) is 8.09. The van der Waals surface area contributed by atoms with Crippen LogP contribution in [-0.2, 0) is 41.5 Å². The molecule has 4 N–H and O–H groups in total. The summed E-state index contributed by atoms with van der Waals surface area (Å²) < 4.78 is 124. The van der Waals surface area contributed by atoms with E-state index in [9.17, 15) is 31.0 Å². The van der Waals surface area contributed by atoms with Crippen molar-refractivity contribution in [3.63, 3.8) is 0 Å². The molecular weight excluding hydrogens is 1050 g/mol. The predicted molar refractivity (Wildman–Crippen MR) is 275 cm³/mol. The Morgan fingerprint density at radius 2 is 0.987 bits per heavy atom. The number of methoxy groups -OCH3 is 1. The van der Waals surface area contributed by atoms with Crippen molar-refractivity contribution in [2.45, 2.75) is 30.6 Å². The van der Waals surface area contributed by atoms with Crippen LogP contribution in [0, 0.1) is 20.8 Å². The third kappa shape index (κ3) is 15.1. The van der Waals surface area contributed by atoms with Crippen LogP contribution in [0.5, 0.6) is 11.5 Å². The minimum Gasteiger partial charge on any atom is -0.505 e. The van der Waals surface area contributed by atoms with E-state index in [4.69, 9.17) is 30.0 Å². The highest BCUT2D eigenvalue weighted by atomic mass is 32.2. The van der Waals surface area contributed by atoms with E-state index in [1.165, 1.54) is 31.4 Å². The first-order chi connectivity index (χ1) is 35.5. The van der Waals surface area contributed by atoms with Gasteiger partial charge in [0.05, 0.1) is 40.4 Å². The van der Waals surface area contributed by atoms with Gasteiger partial charge < -0.3 is 15.2 Å². The number of azo groups is 4. The Labute approximate surface area is 430 Å². The van der Waals surface area contributed by atoms with Gasteiger partial charge in [0.25, 0.3) is 20.2 Å². The van der Waals surface area contributed by atoms with Crippen molar-refractivity contribution in [2.75, 3.05) is 12.4 Å². The first kappa shape index (κ1) is 55.5. The van der Waals surface area contributed by atoms with Gasteiger partial charge in [-0.25, -0.2) is 0 Å². The number of phenolic OH excluding ortho intramolecular Hbond substituents is 1. The van der Waals surface area contributed by atoms with Crippen LogP contribution in [0.3, 0.4) is 0 Å². The van der Waals surface area contributed by atoms with Crippen molar-refractivity contribution >= 4 is 120 Å². The Bertz CT molecular complexity index is 4060. The second-order valence-corrected chi connectivity index (χ2v) is 19.2. The molecule has 23 nitrogen and oxygen atoms in total. The molecule has 8 aromatic rings. The molecule has 0 amide bonds. The Balaban J connectivity index is 0.00000107. The molecule has 0 aliphatic heterocycles. The number of ether oxygens (including phenoxy) is 1. The molecule has 75 heavy (non-hydrogen) atoms. The molecule has 0 unspecified atom stereocenters. The van der Waals surface area contributed by atoms with Crippen molar-refractivity contribution in [2.24, 2.45) is 40.9 Å². The van der Waals surface area contributed by atoms with Gasteiger partial charge in [-0.15, -0.1) is 40.6 Å². The standard InChI is InChI=1S/C48H39N9O8S2.2O3S/c1-28-22-35(50-55-43-23-30(3)44(24-29(43)2)56-54-42-18-11-32-25-34(13-17-38(32)48(42)58)49-33-8-6-5-7-9-33)14-19-40(28)52-53-41-20-15-36(26-45(41)65-4)51-57-47-39-27-37(66(59,60)61)16-10-31(39)12-21-46(47)67(62,63)64;2*1-4(2)3/h5-27,49,58H,1-4H3,(H,59,60,61)(H,62,63,64);;. The largest absolute Gasteiger partial charge is 0.505 e. The van der Waals surface area contributed by atoms with Gasteiger partial charge in [0.2, 0.25) is 0 Å². The number of hydrogen-bond donors (Lipinski definition) is 4. The molecule has 0 fully saturated rings. The SMILES string of the molecule is COc1cc(N=Nc2c(S(=O)(=O)O)ccc3ccc(S(=O)(=O)O)cc23)ccc1N=Nc1ccc(N=Nc2cc(C)c(N=Nc3ccc4cc(Nc5ccccc5)ccc4c3O)cc2C)cc1C.O=S(=O)=O.O=S(=O)=O. The van der Waals surface area contributed by atoms with Gasteiger partial charge in [0.15, 0.2) is 5.75 Å². The van der Waals surface area contributed by atoms with E-state index in [2.05, 4.69) is 46.2 Å². The number of aryl methyl sites for hydroxylation is 3. The molecular formula is C48H39N9O14S4. The summed E-state index contributed by atoms with van der Waals surface area (Å²) in [5.74, 6) is 0.288. The number of nitrogens with one attached hydrogen (secondary N) is 1. The molecule has 384 valence electrons. The molecule has 0 radical (unpaired) electrons. The van der Waals surface area contributed by atoms with Crippen LogP contribution in [0.4, 0.5) is 56.9 Å². The molecule has 0 saturated heterocycles. The number of anilines is 2. The summed E-state index contributed by atoms with van der Waals surface area (Å²) in [7, 11) is -14.3. The lowest BCUT2D eigenvalue weighted by molar-refractivity contribution is 0.416. The van der Waals surface area contributed by atoms with Crippen LogP contribution in [0.1, 0.15) is 16.7 Å². The number of benzene rings is 8. The van der Waals surface area contributed by atoms with Gasteiger partial charge in [-0.05, 0) is 145 Å². The van der Waals surface area contributed by atoms with Crippen molar-refractivity contribution in [1.82, 2.24) is 0 Å². The van der Waals surface area contributed by atoms with Crippen LogP contribution in [0.2, 0.25) is 0 Å². The maximum absolute atomic E-state index is 12.2. The summed E-state index contributed by atoms with van der Waals surface area (Å²) in [4.78, 5) is -1.13. The lowest BCUT2D eigenvalue weighted by Gasteiger charge is -2.09. The Morgan fingerprint density at radius 3 is 1.60 bits per heavy atom. The third-order valence-electron chi connectivity index (χ3n) is 10.5. The number of aromatic hydroxyl groups is 1. The molecule has 8 aromatic carbocycles. The first-order valence-electron chi connectivity index (χ1n) is 21.2. The zero-order chi connectivity index (χ0) is 54.6. The summed E-state index contributed by atoms with van der Waals surface area (Å²) in [6.07, 6.45) is 0. The average Bonchev–Trinajstić information content (AvgIpc) is 3.34. The van der Waals surface area contributed by atoms with Gasteiger partial charge in [0.1, 0.15) is 27.7 Å². The number of phenols is 1. The van der Waals surface area contributed by atoms with Crippen LogP contribution in [0.15, 0.2) is 190 Å². The average molecular weight is 1090 g/mol. The van der Waals surface area contributed by atoms with Gasteiger partial charge >= 0.3 is 21.2 Å². The van der Waals surface area contributed by atoms with Crippen LogP contribution < -0.4 is 10.1 Å². The lowest BCUT2D eigenvalue weighted by atomic mass is 10.1. The Hall–Kier alpha value is -8.86. The first-order valence-corrected chi connectivity index (χ1v) is 26.1. The number of para-hydroxylation sites is 1. The molecule has 0 aliphatic rings. The van der Waals surface area contributed by atoms with Gasteiger partial charge in [-0.1, -0.05) is 36.4 Å². The lowest BCUT2D eigenvalue weighted by Crippen LogP contribution is -2.00. The molecule has 0 aliphatic carbocycles. The normalized spacial score (nSPS) is 11.7. The zero-order valence-electron chi connectivity index (χ0n) is 39.3. The monoisotopic (exact) mass is 1090 g/mol. The third-order valence-corrected chi connectivity index (χ3v) is 12.2. The van der Waals surface area contributed by atoms with E-state index in [0.29, 0.717) is 44.9 Å². The number of fused-ring (bicyclic) bond motifs is 2. The quantitative estimate of drug-likeness (QED) is 0.0616. The molecule has 27 heteroatoms. The van der Waals surface area contributed by atoms with Crippen molar-refractivity contribution < 1.29 is 61.0 Å². The van der Waals surface area contributed by atoms with Gasteiger partial charge in [0, 0.05) is 28.2 Å². The van der Waals surface area contributed by atoms with E-state index in [-0.39, 0.29) is 28.3 Å².